The van der Waals surface area contributed by atoms with Crippen molar-refractivity contribution in [2.24, 2.45) is 0 Å². The second-order valence-corrected chi connectivity index (χ2v) is 6.52. The van der Waals surface area contributed by atoms with Crippen LogP contribution in [0.1, 0.15) is 16.8 Å². The fourth-order valence-corrected chi connectivity index (χ4v) is 2.88. The third kappa shape index (κ3) is 4.42. The van der Waals surface area contributed by atoms with Crippen LogP contribution in [-0.4, -0.2) is 11.5 Å². The molecule has 0 heterocycles. The Morgan fingerprint density at radius 3 is 2.30 bits per heavy atom. The quantitative estimate of drug-likeness (QED) is 0.487. The summed E-state index contributed by atoms with van der Waals surface area (Å²) in [7, 11) is 0. The zero-order valence-electron chi connectivity index (χ0n) is 10.4. The summed E-state index contributed by atoms with van der Waals surface area (Å²) < 4.78 is 0. The molecule has 0 aliphatic carbocycles. The average Bonchev–Trinajstić information content (AvgIpc) is 2.44. The molecule has 0 radical (unpaired) electrons. The number of thioether (sulfide) groups is 1. The van der Waals surface area contributed by atoms with E-state index in [2.05, 4.69) is 0 Å². The number of halogens is 3. The van der Waals surface area contributed by atoms with E-state index in [0.717, 1.165) is 4.90 Å². The monoisotopic (exact) mass is 344 g/mol. The number of hydrogen-bond donors (Lipinski definition) is 0. The van der Waals surface area contributed by atoms with Gasteiger partial charge in [0.25, 0.3) is 0 Å². The lowest BCUT2D eigenvalue weighted by Crippen LogP contribution is -2.00. The lowest BCUT2D eigenvalue weighted by Gasteiger charge is -2.03. The van der Waals surface area contributed by atoms with E-state index in [-0.39, 0.29) is 5.78 Å². The second kappa shape index (κ2) is 7.37. The minimum atomic E-state index is 0.0602. The molecule has 0 bridgehead atoms. The van der Waals surface area contributed by atoms with Crippen molar-refractivity contribution < 1.29 is 4.79 Å². The first-order valence-corrected chi connectivity index (χ1v) is 8.05. The lowest BCUT2D eigenvalue weighted by molar-refractivity contribution is 0.0989. The predicted octanol–water partition coefficient (Wildman–Crippen LogP) is 6.01. The van der Waals surface area contributed by atoms with Gasteiger partial charge in [0.05, 0.1) is 10.0 Å². The average molecular weight is 346 g/mol. The maximum absolute atomic E-state index is 12.0. The molecule has 0 aromatic heterocycles. The fraction of sp³-hybridized carbons (Fsp3) is 0.133. The third-order valence-electron chi connectivity index (χ3n) is 2.65. The Hall–Kier alpha value is -0.670. The standard InChI is InChI=1S/C15H11Cl3OS/c16-11-2-4-12(5-3-11)20-8-7-15(19)10-1-6-13(17)14(18)9-10/h1-6,9H,7-8H2. The van der Waals surface area contributed by atoms with E-state index in [1.807, 2.05) is 24.3 Å². The van der Waals surface area contributed by atoms with Crippen LogP contribution in [0.5, 0.6) is 0 Å². The summed E-state index contributed by atoms with van der Waals surface area (Å²) in [6.07, 6.45) is 0.450. The van der Waals surface area contributed by atoms with Gasteiger partial charge in [0, 0.05) is 27.7 Å². The van der Waals surface area contributed by atoms with Gasteiger partial charge in [-0.15, -0.1) is 11.8 Å². The zero-order chi connectivity index (χ0) is 14.5. The van der Waals surface area contributed by atoms with Crippen molar-refractivity contribution in [1.82, 2.24) is 0 Å². The maximum Gasteiger partial charge on any atom is 0.163 e. The molecular formula is C15H11Cl3OS. The summed E-state index contributed by atoms with van der Waals surface area (Å²) in [6.45, 7) is 0. The molecule has 0 atom stereocenters. The Morgan fingerprint density at radius 1 is 0.950 bits per heavy atom. The van der Waals surface area contributed by atoms with E-state index < -0.39 is 0 Å². The highest BCUT2D eigenvalue weighted by atomic mass is 35.5. The van der Waals surface area contributed by atoms with E-state index in [4.69, 9.17) is 34.8 Å². The molecule has 0 amide bonds. The van der Waals surface area contributed by atoms with Crippen LogP contribution in [-0.2, 0) is 0 Å². The smallest absolute Gasteiger partial charge is 0.163 e. The second-order valence-electron chi connectivity index (χ2n) is 4.10. The summed E-state index contributed by atoms with van der Waals surface area (Å²) in [4.78, 5) is 13.1. The largest absolute Gasteiger partial charge is 0.294 e. The van der Waals surface area contributed by atoms with Crippen LogP contribution in [0.25, 0.3) is 0 Å². The van der Waals surface area contributed by atoms with Gasteiger partial charge in [0.1, 0.15) is 0 Å². The minimum Gasteiger partial charge on any atom is -0.294 e. The summed E-state index contributed by atoms with van der Waals surface area (Å²) in [6, 6.07) is 12.5. The number of rotatable bonds is 5. The molecule has 1 nitrogen and oxygen atoms in total. The molecule has 0 unspecified atom stereocenters. The number of ketones is 1. The van der Waals surface area contributed by atoms with Crippen LogP contribution in [0.3, 0.4) is 0 Å². The highest BCUT2D eigenvalue weighted by Crippen LogP contribution is 2.25. The molecule has 0 aliphatic rings. The molecule has 0 aliphatic heterocycles. The van der Waals surface area contributed by atoms with Crippen molar-refractivity contribution >= 4 is 52.3 Å². The van der Waals surface area contributed by atoms with Gasteiger partial charge in [-0.05, 0) is 42.5 Å². The zero-order valence-corrected chi connectivity index (χ0v) is 13.5. The Morgan fingerprint density at radius 2 is 1.65 bits per heavy atom. The van der Waals surface area contributed by atoms with Crippen molar-refractivity contribution in [3.05, 3.63) is 63.1 Å². The van der Waals surface area contributed by atoms with Crippen LogP contribution in [0.2, 0.25) is 15.1 Å². The Labute approximate surface area is 137 Å². The SMILES string of the molecule is O=C(CCSc1ccc(Cl)cc1)c1ccc(Cl)c(Cl)c1. The van der Waals surface area contributed by atoms with Gasteiger partial charge in [0.2, 0.25) is 0 Å². The number of carbonyl (C=O) groups is 1. The Bertz CT molecular complexity index is 611. The van der Waals surface area contributed by atoms with Crippen LogP contribution in [0, 0.1) is 0 Å². The van der Waals surface area contributed by atoms with Crippen LogP contribution in [0.4, 0.5) is 0 Å². The van der Waals surface area contributed by atoms with Crippen molar-refractivity contribution in [2.45, 2.75) is 11.3 Å². The molecule has 0 saturated heterocycles. The number of hydrogen-bond acceptors (Lipinski definition) is 2. The van der Waals surface area contributed by atoms with Gasteiger partial charge >= 0.3 is 0 Å². The molecule has 20 heavy (non-hydrogen) atoms. The first-order valence-electron chi connectivity index (χ1n) is 5.93. The van der Waals surface area contributed by atoms with Crippen LogP contribution < -0.4 is 0 Å². The van der Waals surface area contributed by atoms with Gasteiger partial charge in [-0.3, -0.25) is 4.79 Å². The summed E-state index contributed by atoms with van der Waals surface area (Å²) >= 11 is 19.2. The van der Waals surface area contributed by atoms with Crippen molar-refractivity contribution in [3.8, 4) is 0 Å². The van der Waals surface area contributed by atoms with E-state index in [9.17, 15) is 4.79 Å². The Kier molecular flexibility index (Phi) is 5.79. The topological polar surface area (TPSA) is 17.1 Å². The maximum atomic E-state index is 12.0. The molecule has 0 saturated carbocycles. The van der Waals surface area contributed by atoms with E-state index in [0.29, 0.717) is 32.8 Å². The molecular weight excluding hydrogens is 335 g/mol. The highest BCUT2D eigenvalue weighted by Gasteiger charge is 2.08. The highest BCUT2D eigenvalue weighted by molar-refractivity contribution is 7.99. The molecule has 104 valence electrons. The van der Waals surface area contributed by atoms with Crippen LogP contribution in [0.15, 0.2) is 47.4 Å². The van der Waals surface area contributed by atoms with E-state index >= 15 is 0 Å². The van der Waals surface area contributed by atoms with Gasteiger partial charge in [0.15, 0.2) is 5.78 Å². The summed E-state index contributed by atoms with van der Waals surface area (Å²) in [5.74, 6) is 0.769. The summed E-state index contributed by atoms with van der Waals surface area (Å²) in [5, 5.41) is 1.57. The van der Waals surface area contributed by atoms with Crippen molar-refractivity contribution in [2.75, 3.05) is 5.75 Å². The first-order chi connectivity index (χ1) is 9.56. The number of benzene rings is 2. The molecule has 5 heteroatoms. The molecule has 0 N–H and O–H groups in total. The predicted molar refractivity (Wildman–Crippen MR) is 87.6 cm³/mol. The van der Waals surface area contributed by atoms with E-state index in [1.165, 1.54) is 0 Å². The summed E-state index contributed by atoms with van der Waals surface area (Å²) in [5.41, 5.74) is 0.594. The number of Topliss-reactive ketones (excluding diaryl/α,β-unsaturated/α-hetero) is 1. The van der Waals surface area contributed by atoms with Gasteiger partial charge < -0.3 is 0 Å². The van der Waals surface area contributed by atoms with Gasteiger partial charge in [-0.25, -0.2) is 0 Å². The van der Waals surface area contributed by atoms with Crippen molar-refractivity contribution in [1.29, 1.82) is 0 Å². The van der Waals surface area contributed by atoms with Crippen LogP contribution >= 0.6 is 46.6 Å². The first kappa shape index (κ1) is 15.7. The fourth-order valence-electron chi connectivity index (χ4n) is 1.61. The molecule has 2 aromatic rings. The lowest BCUT2D eigenvalue weighted by atomic mass is 10.1. The number of carbonyl (C=O) groups excluding carboxylic acids is 1. The van der Waals surface area contributed by atoms with Gasteiger partial charge in [-0.1, -0.05) is 34.8 Å². The minimum absolute atomic E-state index is 0.0602. The molecule has 0 spiro atoms. The normalized spacial score (nSPS) is 10.6. The third-order valence-corrected chi connectivity index (χ3v) is 4.66. The van der Waals surface area contributed by atoms with Crippen molar-refractivity contribution in [3.63, 3.8) is 0 Å². The van der Waals surface area contributed by atoms with E-state index in [1.54, 1.807) is 30.0 Å². The molecule has 0 fully saturated rings. The molecule has 2 aromatic carbocycles. The van der Waals surface area contributed by atoms with Gasteiger partial charge in [-0.2, -0.15) is 0 Å². The molecule has 2 rings (SSSR count). The Balaban J connectivity index is 1.88.